The number of aliphatic hydroxyl groups is 1. The maximum Gasteiger partial charge on any atom is 0.263 e. The van der Waals surface area contributed by atoms with Gasteiger partial charge in [-0.2, -0.15) is 5.26 Å². The van der Waals surface area contributed by atoms with Crippen LogP contribution in [0.5, 0.6) is 0 Å². The number of aliphatic hydroxyl groups excluding tert-OH is 1. The number of benzene rings is 1. The van der Waals surface area contributed by atoms with Gasteiger partial charge in [-0.25, -0.2) is 0 Å². The second kappa shape index (κ2) is 8.73. The maximum absolute atomic E-state index is 11.7. The van der Waals surface area contributed by atoms with Gasteiger partial charge in [0.25, 0.3) is 5.91 Å². The molecule has 1 aromatic rings. The van der Waals surface area contributed by atoms with Crippen LogP contribution >= 0.6 is 0 Å². The molecule has 1 rings (SSSR count). The van der Waals surface area contributed by atoms with Gasteiger partial charge < -0.3 is 15.7 Å². The molecule has 0 aromatic heterocycles. The summed E-state index contributed by atoms with van der Waals surface area (Å²) in [6.07, 6.45) is 1.50. The van der Waals surface area contributed by atoms with Crippen molar-refractivity contribution >= 4 is 5.91 Å². The molecule has 1 amide bonds. The highest BCUT2D eigenvalue weighted by Gasteiger charge is 2.07. The average Bonchev–Trinajstić information content (AvgIpc) is 2.44. The van der Waals surface area contributed by atoms with E-state index in [0.29, 0.717) is 19.5 Å². The number of carbonyl (C=O) groups is 1. The van der Waals surface area contributed by atoms with Crippen LogP contribution in [0.4, 0.5) is 0 Å². The molecule has 1 atom stereocenters. The zero-order valence-electron chi connectivity index (χ0n) is 11.5. The van der Waals surface area contributed by atoms with Gasteiger partial charge >= 0.3 is 0 Å². The molecule has 20 heavy (non-hydrogen) atoms. The van der Waals surface area contributed by atoms with Crippen molar-refractivity contribution in [3.63, 3.8) is 0 Å². The molecular formula is C15H19N3O2. The number of nitriles is 1. The first kappa shape index (κ1) is 15.7. The summed E-state index contributed by atoms with van der Waals surface area (Å²) in [6.45, 7) is 2.38. The Hall–Kier alpha value is -2.32. The Kier molecular flexibility index (Phi) is 6.87. The molecule has 0 saturated carbocycles. The quantitative estimate of drug-likeness (QED) is 0.505. The van der Waals surface area contributed by atoms with Crippen LogP contribution in [0.15, 0.2) is 42.1 Å². The van der Waals surface area contributed by atoms with Crippen LogP contribution in [-0.2, 0) is 11.2 Å². The second-order valence-electron chi connectivity index (χ2n) is 4.42. The van der Waals surface area contributed by atoms with E-state index < -0.39 is 12.0 Å². The molecule has 0 aliphatic carbocycles. The minimum absolute atomic E-state index is 0.00119. The molecule has 106 valence electrons. The molecule has 1 aromatic carbocycles. The normalized spacial score (nSPS) is 12.3. The third kappa shape index (κ3) is 6.03. The summed E-state index contributed by atoms with van der Waals surface area (Å²) in [5, 5.41) is 23.4. The lowest BCUT2D eigenvalue weighted by Crippen LogP contribution is -2.28. The van der Waals surface area contributed by atoms with Crippen LogP contribution in [0.1, 0.15) is 12.5 Å². The van der Waals surface area contributed by atoms with E-state index in [9.17, 15) is 4.79 Å². The Morgan fingerprint density at radius 1 is 1.45 bits per heavy atom. The third-order valence-corrected chi connectivity index (χ3v) is 2.57. The first-order valence-corrected chi connectivity index (χ1v) is 6.47. The largest absolute Gasteiger partial charge is 0.392 e. The van der Waals surface area contributed by atoms with Crippen molar-refractivity contribution in [1.29, 1.82) is 5.26 Å². The predicted molar refractivity (Wildman–Crippen MR) is 76.5 cm³/mol. The van der Waals surface area contributed by atoms with Gasteiger partial charge in [0.1, 0.15) is 11.6 Å². The Bertz CT molecular complexity index is 490. The molecule has 0 aliphatic rings. The average molecular weight is 273 g/mol. The van der Waals surface area contributed by atoms with Gasteiger partial charge in [0, 0.05) is 19.3 Å². The molecule has 5 nitrogen and oxygen atoms in total. The van der Waals surface area contributed by atoms with Crippen LogP contribution in [-0.4, -0.2) is 30.2 Å². The highest BCUT2D eigenvalue weighted by molar-refractivity contribution is 5.97. The first-order valence-electron chi connectivity index (χ1n) is 6.47. The van der Waals surface area contributed by atoms with E-state index in [-0.39, 0.29) is 5.57 Å². The molecule has 0 aliphatic heterocycles. The lowest BCUT2D eigenvalue weighted by Gasteiger charge is -2.06. The first-order chi connectivity index (χ1) is 9.63. The van der Waals surface area contributed by atoms with Crippen LogP contribution in [0, 0.1) is 11.3 Å². The molecule has 0 radical (unpaired) electrons. The monoisotopic (exact) mass is 273 g/mol. The number of nitrogens with one attached hydrogen (secondary N) is 2. The molecule has 0 bridgehead atoms. The molecule has 0 fully saturated rings. The molecule has 0 heterocycles. The van der Waals surface area contributed by atoms with Gasteiger partial charge in [0.2, 0.25) is 0 Å². The molecule has 3 N–H and O–H groups in total. The van der Waals surface area contributed by atoms with Gasteiger partial charge in [-0.15, -0.1) is 0 Å². The fraction of sp³-hybridized carbons (Fsp3) is 0.333. The molecular weight excluding hydrogens is 254 g/mol. The Morgan fingerprint density at radius 3 is 2.75 bits per heavy atom. The van der Waals surface area contributed by atoms with Crippen molar-refractivity contribution in [1.82, 2.24) is 10.6 Å². The smallest absolute Gasteiger partial charge is 0.263 e. The number of hydrogen-bond donors (Lipinski definition) is 3. The van der Waals surface area contributed by atoms with Crippen molar-refractivity contribution in [2.75, 3.05) is 13.1 Å². The zero-order chi connectivity index (χ0) is 14.8. The predicted octanol–water partition coefficient (Wildman–Crippen LogP) is 0.723. The fourth-order valence-corrected chi connectivity index (χ4v) is 1.54. The summed E-state index contributed by atoms with van der Waals surface area (Å²) in [5.41, 5.74) is 1.13. The Balaban J connectivity index is 2.38. The van der Waals surface area contributed by atoms with E-state index in [4.69, 9.17) is 10.4 Å². The summed E-state index contributed by atoms with van der Waals surface area (Å²) in [5.74, 6) is -0.415. The number of carbonyl (C=O) groups excluding carboxylic acids is 1. The van der Waals surface area contributed by atoms with E-state index in [0.717, 1.165) is 5.56 Å². The minimum atomic E-state index is -0.535. The zero-order valence-corrected chi connectivity index (χ0v) is 11.5. The van der Waals surface area contributed by atoms with Crippen molar-refractivity contribution in [3.05, 3.63) is 47.7 Å². The van der Waals surface area contributed by atoms with Crippen LogP contribution in [0.3, 0.4) is 0 Å². The van der Waals surface area contributed by atoms with Gasteiger partial charge in [0.05, 0.1) is 6.10 Å². The van der Waals surface area contributed by atoms with Crippen molar-refractivity contribution in [2.45, 2.75) is 19.4 Å². The van der Waals surface area contributed by atoms with Gasteiger partial charge in [-0.05, 0) is 18.9 Å². The van der Waals surface area contributed by atoms with Crippen LogP contribution < -0.4 is 10.6 Å². The topological polar surface area (TPSA) is 85.2 Å². The molecule has 0 saturated heterocycles. The van der Waals surface area contributed by atoms with E-state index in [1.807, 2.05) is 36.4 Å². The summed E-state index contributed by atoms with van der Waals surface area (Å²) < 4.78 is 0. The van der Waals surface area contributed by atoms with Gasteiger partial charge in [-0.3, -0.25) is 4.79 Å². The van der Waals surface area contributed by atoms with Crippen molar-refractivity contribution < 1.29 is 9.90 Å². The minimum Gasteiger partial charge on any atom is -0.392 e. The standard InChI is InChI=1S/C15H19N3O2/c1-12(19)10-17-11-14(9-16)15(20)18-8-7-13-5-3-2-4-6-13/h2-6,11-12,17,19H,7-8,10H2,1H3,(H,18,20)/b14-11-. The second-order valence-corrected chi connectivity index (χ2v) is 4.42. The van der Waals surface area contributed by atoms with Crippen LogP contribution in [0.25, 0.3) is 0 Å². The molecule has 0 spiro atoms. The number of amides is 1. The van der Waals surface area contributed by atoms with Crippen LogP contribution in [0.2, 0.25) is 0 Å². The van der Waals surface area contributed by atoms with Crippen molar-refractivity contribution in [3.8, 4) is 6.07 Å². The highest BCUT2D eigenvalue weighted by Crippen LogP contribution is 1.98. The van der Waals surface area contributed by atoms with E-state index in [1.165, 1.54) is 6.20 Å². The number of hydrogen-bond acceptors (Lipinski definition) is 4. The lowest BCUT2D eigenvalue weighted by molar-refractivity contribution is -0.117. The summed E-state index contributed by atoms with van der Waals surface area (Å²) in [4.78, 5) is 11.7. The Morgan fingerprint density at radius 2 is 2.15 bits per heavy atom. The summed E-state index contributed by atoms with van der Waals surface area (Å²) >= 11 is 0. The number of nitrogens with zero attached hydrogens (tertiary/aromatic N) is 1. The van der Waals surface area contributed by atoms with E-state index in [2.05, 4.69) is 10.6 Å². The SMILES string of the molecule is CC(O)CN/C=C(/C#N)C(=O)NCCc1ccccc1. The summed E-state index contributed by atoms with van der Waals surface area (Å²) in [7, 11) is 0. The molecule has 1 unspecified atom stereocenters. The fourth-order valence-electron chi connectivity index (χ4n) is 1.54. The molecule has 5 heteroatoms. The highest BCUT2D eigenvalue weighted by atomic mass is 16.3. The van der Waals surface area contributed by atoms with E-state index in [1.54, 1.807) is 6.92 Å². The van der Waals surface area contributed by atoms with E-state index >= 15 is 0 Å². The maximum atomic E-state index is 11.7. The third-order valence-electron chi connectivity index (χ3n) is 2.57. The van der Waals surface area contributed by atoms with Gasteiger partial charge in [-0.1, -0.05) is 30.3 Å². The Labute approximate surface area is 118 Å². The van der Waals surface area contributed by atoms with Crippen molar-refractivity contribution in [2.24, 2.45) is 0 Å². The lowest BCUT2D eigenvalue weighted by atomic mass is 10.1. The van der Waals surface area contributed by atoms with Gasteiger partial charge in [0.15, 0.2) is 0 Å². The summed E-state index contributed by atoms with van der Waals surface area (Å²) in [6, 6.07) is 11.6. The number of rotatable bonds is 7.